The molecule has 0 spiro atoms. The van der Waals surface area contributed by atoms with Crippen LogP contribution in [-0.4, -0.2) is 19.6 Å². The molecule has 2 N–H and O–H groups in total. The number of nitrogens with zero attached hydrogens (tertiary/aromatic N) is 3. The van der Waals surface area contributed by atoms with Crippen molar-refractivity contribution >= 4 is 21.6 Å². The van der Waals surface area contributed by atoms with Crippen LogP contribution in [0.1, 0.15) is 5.69 Å². The number of rotatable bonds is 2. The van der Waals surface area contributed by atoms with Crippen molar-refractivity contribution in [3.05, 3.63) is 28.9 Å². The van der Waals surface area contributed by atoms with Gasteiger partial charge in [-0.1, -0.05) is 0 Å². The van der Waals surface area contributed by atoms with E-state index in [4.69, 9.17) is 5.21 Å². The normalized spacial score (nSPS) is 10.9. The third kappa shape index (κ3) is 1.55. The van der Waals surface area contributed by atoms with Crippen molar-refractivity contribution < 1.29 is 5.21 Å². The molecule has 0 aromatic carbocycles. The van der Waals surface area contributed by atoms with E-state index in [2.05, 4.69) is 31.4 Å². The van der Waals surface area contributed by atoms with Gasteiger partial charge in [0.05, 0.1) is 24.6 Å². The fourth-order valence-electron chi connectivity index (χ4n) is 1.13. The van der Waals surface area contributed by atoms with Gasteiger partial charge < -0.3 is 5.21 Å². The molecule has 2 rings (SSSR count). The zero-order valence-corrected chi connectivity index (χ0v) is 8.19. The van der Waals surface area contributed by atoms with Gasteiger partial charge in [0.25, 0.3) is 0 Å². The number of hydrogen-bond donors (Lipinski definition) is 2. The predicted octanol–water partition coefficient (Wildman–Crippen LogP) is 0.971. The average molecular weight is 243 g/mol. The van der Waals surface area contributed by atoms with Gasteiger partial charge in [-0.05, 0) is 15.9 Å². The number of fused-ring (bicyclic) bond motifs is 1. The molecule has 0 aliphatic carbocycles. The summed E-state index contributed by atoms with van der Waals surface area (Å²) in [7, 11) is 0. The second-order valence-electron chi connectivity index (χ2n) is 2.52. The fraction of sp³-hybridized carbons (Fsp3) is 0.143. The molecule has 0 fully saturated rings. The minimum atomic E-state index is 0.359. The van der Waals surface area contributed by atoms with Gasteiger partial charge >= 0.3 is 0 Å². The van der Waals surface area contributed by atoms with Crippen LogP contribution >= 0.6 is 15.9 Å². The summed E-state index contributed by atoms with van der Waals surface area (Å²) < 4.78 is 2.58. The number of nitrogens with one attached hydrogen (secondary N) is 1. The lowest BCUT2D eigenvalue weighted by atomic mass is 10.5. The molecule has 0 amide bonds. The second-order valence-corrected chi connectivity index (χ2v) is 3.34. The van der Waals surface area contributed by atoms with Gasteiger partial charge in [-0.2, -0.15) is 5.48 Å². The van der Waals surface area contributed by atoms with Crippen molar-refractivity contribution in [2.45, 2.75) is 6.54 Å². The Labute approximate surface area is 82.5 Å². The van der Waals surface area contributed by atoms with E-state index in [-0.39, 0.29) is 0 Å². The molecular formula is C7H7BrN4O. The highest BCUT2D eigenvalue weighted by atomic mass is 79.9. The van der Waals surface area contributed by atoms with Crippen LogP contribution in [-0.2, 0) is 6.54 Å². The number of hydroxylamine groups is 1. The molecule has 0 saturated heterocycles. The lowest BCUT2D eigenvalue weighted by Gasteiger charge is -1.99. The molecule has 0 saturated carbocycles. The molecule has 0 aliphatic heterocycles. The molecule has 0 aliphatic rings. The van der Waals surface area contributed by atoms with Crippen molar-refractivity contribution in [3.8, 4) is 0 Å². The topological polar surface area (TPSA) is 62.5 Å². The van der Waals surface area contributed by atoms with Crippen molar-refractivity contribution in [2.24, 2.45) is 0 Å². The predicted molar refractivity (Wildman–Crippen MR) is 49.3 cm³/mol. The number of aromatic nitrogens is 3. The average Bonchev–Trinajstić information content (AvgIpc) is 2.49. The summed E-state index contributed by atoms with van der Waals surface area (Å²) in [5.41, 5.74) is 3.72. The molecule has 13 heavy (non-hydrogen) atoms. The Bertz CT molecular complexity index is 427. The Morgan fingerprint density at radius 2 is 2.31 bits per heavy atom. The summed E-state index contributed by atoms with van der Waals surface area (Å²) in [5, 5.41) is 8.55. The molecule has 2 aromatic rings. The Morgan fingerprint density at radius 3 is 3.08 bits per heavy atom. The third-order valence-corrected chi connectivity index (χ3v) is 2.11. The van der Waals surface area contributed by atoms with Gasteiger partial charge in [-0.3, -0.25) is 4.40 Å². The van der Waals surface area contributed by atoms with E-state index in [1.54, 1.807) is 18.6 Å². The zero-order chi connectivity index (χ0) is 9.26. The standard InChI is InChI=1S/C7H7BrN4O/c8-6-4-12-5(2-11-13)1-10-7(12)3-9-6/h1,3-4,11,13H,2H2. The molecular weight excluding hydrogens is 236 g/mol. The van der Waals surface area contributed by atoms with Gasteiger partial charge in [-0.25, -0.2) is 9.97 Å². The van der Waals surface area contributed by atoms with E-state index >= 15 is 0 Å². The van der Waals surface area contributed by atoms with Crippen LogP contribution in [0, 0.1) is 0 Å². The maximum absolute atomic E-state index is 8.55. The molecule has 0 radical (unpaired) electrons. The smallest absolute Gasteiger partial charge is 0.155 e. The van der Waals surface area contributed by atoms with Gasteiger partial charge in [0.2, 0.25) is 0 Å². The molecule has 68 valence electrons. The van der Waals surface area contributed by atoms with Crippen molar-refractivity contribution in [1.82, 2.24) is 19.8 Å². The Hall–Kier alpha value is -0.980. The molecule has 0 bridgehead atoms. The second kappa shape index (κ2) is 3.41. The zero-order valence-electron chi connectivity index (χ0n) is 6.61. The van der Waals surface area contributed by atoms with Crippen LogP contribution in [0.3, 0.4) is 0 Å². The first-order valence-electron chi connectivity index (χ1n) is 3.65. The number of hydrogen-bond acceptors (Lipinski definition) is 4. The van der Waals surface area contributed by atoms with E-state index in [0.717, 1.165) is 15.9 Å². The first-order valence-corrected chi connectivity index (χ1v) is 4.45. The Morgan fingerprint density at radius 1 is 1.46 bits per heavy atom. The molecule has 2 heterocycles. The minimum Gasteiger partial charge on any atom is -0.316 e. The maximum Gasteiger partial charge on any atom is 0.155 e. The van der Waals surface area contributed by atoms with E-state index in [0.29, 0.717) is 6.54 Å². The monoisotopic (exact) mass is 242 g/mol. The molecule has 0 atom stereocenters. The van der Waals surface area contributed by atoms with Crippen molar-refractivity contribution in [1.29, 1.82) is 0 Å². The molecule has 6 heteroatoms. The quantitative estimate of drug-likeness (QED) is 0.771. The lowest BCUT2D eigenvalue weighted by molar-refractivity contribution is 0.159. The van der Waals surface area contributed by atoms with Gasteiger partial charge in [0, 0.05) is 6.20 Å². The minimum absolute atomic E-state index is 0.359. The Kier molecular flexibility index (Phi) is 2.26. The van der Waals surface area contributed by atoms with E-state index in [1.807, 2.05) is 4.40 Å². The number of halogens is 1. The summed E-state index contributed by atoms with van der Waals surface area (Å²) in [4.78, 5) is 8.14. The number of imidazole rings is 1. The van der Waals surface area contributed by atoms with E-state index < -0.39 is 0 Å². The van der Waals surface area contributed by atoms with E-state index in [1.165, 1.54) is 0 Å². The summed E-state index contributed by atoms with van der Waals surface area (Å²) in [5.74, 6) is 0. The highest BCUT2D eigenvalue weighted by Crippen LogP contribution is 2.10. The molecule has 0 unspecified atom stereocenters. The van der Waals surface area contributed by atoms with Gasteiger partial charge in [0.1, 0.15) is 4.60 Å². The first kappa shape index (κ1) is 8.61. The van der Waals surface area contributed by atoms with Crippen LogP contribution in [0.15, 0.2) is 23.2 Å². The summed E-state index contributed by atoms with van der Waals surface area (Å²) >= 11 is 3.26. The lowest BCUT2D eigenvalue weighted by Crippen LogP contribution is -2.08. The van der Waals surface area contributed by atoms with Crippen molar-refractivity contribution in [2.75, 3.05) is 0 Å². The summed E-state index contributed by atoms with van der Waals surface area (Å²) in [6.07, 6.45) is 5.15. The SMILES string of the molecule is ONCc1cnc2cnc(Br)cn12. The third-order valence-electron chi connectivity index (χ3n) is 1.70. The molecule has 2 aromatic heterocycles. The first-order chi connectivity index (χ1) is 6.31. The highest BCUT2D eigenvalue weighted by Gasteiger charge is 2.02. The van der Waals surface area contributed by atoms with Crippen LogP contribution in [0.25, 0.3) is 5.65 Å². The summed E-state index contributed by atoms with van der Waals surface area (Å²) in [6, 6.07) is 0. The largest absolute Gasteiger partial charge is 0.316 e. The maximum atomic E-state index is 8.55. The van der Waals surface area contributed by atoms with Crippen molar-refractivity contribution in [3.63, 3.8) is 0 Å². The van der Waals surface area contributed by atoms with Crippen LogP contribution in [0.4, 0.5) is 0 Å². The van der Waals surface area contributed by atoms with Crippen LogP contribution in [0.5, 0.6) is 0 Å². The molecule has 5 nitrogen and oxygen atoms in total. The van der Waals surface area contributed by atoms with E-state index in [9.17, 15) is 0 Å². The Balaban J connectivity index is 2.58. The fourth-order valence-corrected chi connectivity index (χ4v) is 1.43. The van der Waals surface area contributed by atoms with Crippen LogP contribution < -0.4 is 5.48 Å². The van der Waals surface area contributed by atoms with Gasteiger partial charge in [0.15, 0.2) is 5.65 Å². The van der Waals surface area contributed by atoms with Crippen LogP contribution in [0.2, 0.25) is 0 Å². The summed E-state index contributed by atoms with van der Waals surface area (Å²) in [6.45, 7) is 0.359. The highest BCUT2D eigenvalue weighted by molar-refractivity contribution is 9.10. The van der Waals surface area contributed by atoms with Gasteiger partial charge in [-0.15, -0.1) is 0 Å².